The molecule has 3 amide bonds. The van der Waals surface area contributed by atoms with Crippen molar-refractivity contribution in [1.82, 2.24) is 20.9 Å². The number of urea groups is 1. The van der Waals surface area contributed by atoms with Crippen LogP contribution in [0.5, 0.6) is 0 Å². The van der Waals surface area contributed by atoms with E-state index in [2.05, 4.69) is 45.1 Å². The van der Waals surface area contributed by atoms with Crippen molar-refractivity contribution in [2.45, 2.75) is 25.4 Å². The van der Waals surface area contributed by atoms with E-state index in [1.54, 1.807) is 0 Å². The summed E-state index contributed by atoms with van der Waals surface area (Å²) in [7, 11) is 0. The summed E-state index contributed by atoms with van der Waals surface area (Å²) in [6, 6.07) is 9.78. The summed E-state index contributed by atoms with van der Waals surface area (Å²) in [6.07, 6.45) is 2.30. The summed E-state index contributed by atoms with van der Waals surface area (Å²) < 4.78 is 0. The van der Waals surface area contributed by atoms with Crippen LogP contribution >= 0.6 is 0 Å². The second-order valence-corrected chi connectivity index (χ2v) is 6.38. The quantitative estimate of drug-likeness (QED) is 0.748. The van der Waals surface area contributed by atoms with E-state index in [0.29, 0.717) is 19.0 Å². The highest BCUT2D eigenvalue weighted by molar-refractivity contribution is 5.90. The number of likely N-dealkylation sites (tertiary alicyclic amines) is 1. The second kappa shape index (κ2) is 7.46. The van der Waals surface area contributed by atoms with Crippen LogP contribution in [0.4, 0.5) is 4.79 Å². The SMILES string of the molecule is O=C1NC[C@@H](C(=O)NC[C@@H]2CCCN(Cc3ccccc3)C2)N1. The van der Waals surface area contributed by atoms with Crippen LogP contribution in [0.1, 0.15) is 18.4 Å². The Kier molecular flexibility index (Phi) is 5.12. The van der Waals surface area contributed by atoms with E-state index in [1.165, 1.54) is 5.56 Å². The van der Waals surface area contributed by atoms with Crippen molar-refractivity contribution in [3.63, 3.8) is 0 Å². The van der Waals surface area contributed by atoms with Gasteiger partial charge in [0.2, 0.25) is 5.91 Å². The predicted molar refractivity (Wildman–Crippen MR) is 87.8 cm³/mol. The first kappa shape index (κ1) is 15.8. The van der Waals surface area contributed by atoms with Crippen LogP contribution in [0.3, 0.4) is 0 Å². The zero-order valence-corrected chi connectivity index (χ0v) is 13.3. The van der Waals surface area contributed by atoms with Crippen LogP contribution < -0.4 is 16.0 Å². The Balaban J connectivity index is 1.43. The molecule has 124 valence electrons. The largest absolute Gasteiger partial charge is 0.354 e. The van der Waals surface area contributed by atoms with E-state index in [4.69, 9.17) is 0 Å². The van der Waals surface area contributed by atoms with E-state index < -0.39 is 6.04 Å². The fraction of sp³-hybridized carbons (Fsp3) is 0.529. The highest BCUT2D eigenvalue weighted by Gasteiger charge is 2.27. The Morgan fingerprint density at radius 2 is 2.13 bits per heavy atom. The molecule has 3 N–H and O–H groups in total. The molecule has 0 spiro atoms. The third-order valence-electron chi connectivity index (χ3n) is 4.51. The molecular weight excluding hydrogens is 292 g/mol. The zero-order valence-electron chi connectivity index (χ0n) is 13.3. The van der Waals surface area contributed by atoms with Crippen molar-refractivity contribution in [2.75, 3.05) is 26.2 Å². The topological polar surface area (TPSA) is 73.5 Å². The van der Waals surface area contributed by atoms with Gasteiger partial charge in [-0.05, 0) is 30.9 Å². The first-order valence-corrected chi connectivity index (χ1v) is 8.29. The van der Waals surface area contributed by atoms with Gasteiger partial charge in [-0.25, -0.2) is 4.79 Å². The Labute approximate surface area is 136 Å². The molecule has 0 aromatic heterocycles. The minimum Gasteiger partial charge on any atom is -0.354 e. The molecule has 1 aromatic carbocycles. The van der Waals surface area contributed by atoms with Crippen molar-refractivity contribution < 1.29 is 9.59 Å². The van der Waals surface area contributed by atoms with Crippen molar-refractivity contribution in [3.8, 4) is 0 Å². The van der Waals surface area contributed by atoms with Crippen molar-refractivity contribution in [2.24, 2.45) is 5.92 Å². The van der Waals surface area contributed by atoms with Crippen LogP contribution in [-0.4, -0.2) is 49.1 Å². The Bertz CT molecular complexity index is 549. The maximum Gasteiger partial charge on any atom is 0.315 e. The molecule has 0 aliphatic carbocycles. The van der Waals surface area contributed by atoms with Crippen LogP contribution in [-0.2, 0) is 11.3 Å². The van der Waals surface area contributed by atoms with Gasteiger partial charge in [-0.1, -0.05) is 30.3 Å². The van der Waals surface area contributed by atoms with E-state index in [9.17, 15) is 9.59 Å². The van der Waals surface area contributed by atoms with Gasteiger partial charge in [0.15, 0.2) is 0 Å². The van der Waals surface area contributed by atoms with E-state index in [0.717, 1.165) is 32.5 Å². The van der Waals surface area contributed by atoms with Gasteiger partial charge in [-0.15, -0.1) is 0 Å². The number of carbonyl (C=O) groups is 2. The summed E-state index contributed by atoms with van der Waals surface area (Å²) in [4.78, 5) is 25.6. The van der Waals surface area contributed by atoms with Crippen LogP contribution in [0.25, 0.3) is 0 Å². The maximum atomic E-state index is 12.0. The summed E-state index contributed by atoms with van der Waals surface area (Å²) in [5, 5.41) is 8.19. The number of amides is 3. The van der Waals surface area contributed by atoms with Crippen molar-refractivity contribution in [3.05, 3.63) is 35.9 Å². The average Bonchev–Trinajstić information content (AvgIpc) is 3.01. The maximum absolute atomic E-state index is 12.0. The molecule has 0 saturated carbocycles. The molecule has 2 aliphatic heterocycles. The second-order valence-electron chi connectivity index (χ2n) is 6.38. The monoisotopic (exact) mass is 316 g/mol. The van der Waals surface area contributed by atoms with Gasteiger partial charge in [0.1, 0.15) is 6.04 Å². The van der Waals surface area contributed by atoms with Crippen LogP contribution in [0, 0.1) is 5.92 Å². The minimum atomic E-state index is -0.438. The third kappa shape index (κ3) is 4.45. The summed E-state index contributed by atoms with van der Waals surface area (Å²) >= 11 is 0. The lowest BCUT2D eigenvalue weighted by atomic mass is 9.97. The van der Waals surface area contributed by atoms with E-state index in [1.807, 2.05) is 6.07 Å². The lowest BCUT2D eigenvalue weighted by molar-refractivity contribution is -0.122. The van der Waals surface area contributed by atoms with Crippen LogP contribution in [0.2, 0.25) is 0 Å². The Morgan fingerprint density at radius 3 is 2.87 bits per heavy atom. The number of nitrogens with zero attached hydrogens (tertiary/aromatic N) is 1. The number of hydrogen-bond acceptors (Lipinski definition) is 3. The van der Waals surface area contributed by atoms with Crippen molar-refractivity contribution >= 4 is 11.9 Å². The first-order chi connectivity index (χ1) is 11.2. The smallest absolute Gasteiger partial charge is 0.315 e. The van der Waals surface area contributed by atoms with Gasteiger partial charge < -0.3 is 16.0 Å². The molecule has 0 radical (unpaired) electrons. The number of nitrogens with one attached hydrogen (secondary N) is 3. The van der Waals surface area contributed by atoms with Gasteiger partial charge >= 0.3 is 6.03 Å². The molecule has 6 heteroatoms. The fourth-order valence-corrected chi connectivity index (χ4v) is 3.28. The lowest BCUT2D eigenvalue weighted by Gasteiger charge is -2.33. The minimum absolute atomic E-state index is 0.0940. The Morgan fingerprint density at radius 1 is 1.30 bits per heavy atom. The molecule has 2 aliphatic rings. The molecule has 1 aromatic rings. The number of hydrogen-bond donors (Lipinski definition) is 3. The van der Waals surface area contributed by atoms with Gasteiger partial charge in [0.05, 0.1) is 0 Å². The number of carbonyl (C=O) groups excluding carboxylic acids is 2. The van der Waals surface area contributed by atoms with Gasteiger partial charge in [0.25, 0.3) is 0 Å². The van der Waals surface area contributed by atoms with Crippen LogP contribution in [0.15, 0.2) is 30.3 Å². The molecule has 6 nitrogen and oxygen atoms in total. The summed E-state index contributed by atoms with van der Waals surface area (Å²) in [6.45, 7) is 4.13. The number of piperidine rings is 1. The lowest BCUT2D eigenvalue weighted by Crippen LogP contribution is -2.46. The predicted octanol–water partition coefficient (Wildman–Crippen LogP) is 0.696. The zero-order chi connectivity index (χ0) is 16.1. The van der Waals surface area contributed by atoms with E-state index in [-0.39, 0.29) is 11.9 Å². The number of benzene rings is 1. The number of rotatable bonds is 5. The summed E-state index contributed by atoms with van der Waals surface area (Å²) in [5.74, 6) is 0.380. The normalized spacial score (nSPS) is 24.8. The molecule has 3 rings (SSSR count). The molecule has 0 unspecified atom stereocenters. The molecule has 2 saturated heterocycles. The standard InChI is InChI=1S/C17H24N4O2/c22-16(15-10-19-17(23)20-15)18-9-14-7-4-8-21(12-14)11-13-5-2-1-3-6-13/h1-3,5-6,14-15H,4,7-12H2,(H,18,22)(H2,19,20,23)/t14-,15-/m0/s1. The molecule has 23 heavy (non-hydrogen) atoms. The van der Waals surface area contributed by atoms with Gasteiger partial charge in [0, 0.05) is 26.2 Å². The Hall–Kier alpha value is -2.08. The van der Waals surface area contributed by atoms with E-state index >= 15 is 0 Å². The molecule has 2 fully saturated rings. The third-order valence-corrected chi connectivity index (χ3v) is 4.51. The van der Waals surface area contributed by atoms with Crippen molar-refractivity contribution in [1.29, 1.82) is 0 Å². The first-order valence-electron chi connectivity index (χ1n) is 8.29. The van der Waals surface area contributed by atoms with Gasteiger partial charge in [-0.2, -0.15) is 0 Å². The highest BCUT2D eigenvalue weighted by Crippen LogP contribution is 2.18. The average molecular weight is 316 g/mol. The fourth-order valence-electron chi connectivity index (χ4n) is 3.28. The highest BCUT2D eigenvalue weighted by atomic mass is 16.2. The molecule has 2 atom stereocenters. The van der Waals surface area contributed by atoms with Gasteiger partial charge in [-0.3, -0.25) is 9.69 Å². The molecular formula is C17H24N4O2. The summed E-state index contributed by atoms with van der Waals surface area (Å²) in [5.41, 5.74) is 1.33. The molecule has 2 heterocycles. The molecule has 0 bridgehead atoms.